The van der Waals surface area contributed by atoms with Crippen LogP contribution >= 0.6 is 11.6 Å². The first-order chi connectivity index (χ1) is 12.9. The van der Waals surface area contributed by atoms with Crippen molar-refractivity contribution in [3.8, 4) is 0 Å². The summed E-state index contributed by atoms with van der Waals surface area (Å²) in [6, 6.07) is 11.1. The van der Waals surface area contributed by atoms with Crippen LogP contribution in [-0.4, -0.2) is 15.7 Å². The number of hydrogen-bond acceptors (Lipinski definition) is 3. The molecule has 5 nitrogen and oxygen atoms in total. The topological polar surface area (TPSA) is 60.1 Å². The van der Waals surface area contributed by atoms with Crippen molar-refractivity contribution >= 4 is 17.5 Å². The lowest BCUT2D eigenvalue weighted by molar-refractivity contribution is 0.0891. The number of nitrogens with one attached hydrogen (secondary N) is 1. The fourth-order valence-electron chi connectivity index (χ4n) is 3.81. The van der Waals surface area contributed by atoms with E-state index < -0.39 is 0 Å². The number of nitrogens with zero attached hydrogens (tertiary/aromatic N) is 2. The molecular weight excluding hydrogens is 362 g/mol. The minimum absolute atomic E-state index is 0.0558. The van der Waals surface area contributed by atoms with Gasteiger partial charge in [-0.2, -0.15) is 5.10 Å². The van der Waals surface area contributed by atoms with Gasteiger partial charge in [0.2, 0.25) is 0 Å². The highest BCUT2D eigenvalue weighted by Crippen LogP contribution is 2.41. The number of halogens is 1. The van der Waals surface area contributed by atoms with Crippen LogP contribution in [0.3, 0.4) is 0 Å². The smallest absolute Gasteiger partial charge is 0.287 e. The van der Waals surface area contributed by atoms with E-state index in [1.807, 2.05) is 35.1 Å². The van der Waals surface area contributed by atoms with Crippen LogP contribution in [0.4, 0.5) is 0 Å². The summed E-state index contributed by atoms with van der Waals surface area (Å²) in [5.74, 6) is 0.127. The second-order valence-corrected chi connectivity index (χ2v) is 8.32. The largest absolute Gasteiger partial charge is 0.459 e. The molecule has 1 amide bonds. The molecule has 0 aliphatic heterocycles. The third-order valence-corrected chi connectivity index (χ3v) is 5.27. The van der Waals surface area contributed by atoms with Gasteiger partial charge >= 0.3 is 0 Å². The van der Waals surface area contributed by atoms with Gasteiger partial charge in [0.25, 0.3) is 5.91 Å². The highest BCUT2D eigenvalue weighted by atomic mass is 35.5. The van der Waals surface area contributed by atoms with Crippen molar-refractivity contribution in [3.05, 3.63) is 76.5 Å². The van der Waals surface area contributed by atoms with E-state index in [9.17, 15) is 4.79 Å². The SMILES string of the molecule is CC1(C)Cc2c(cnn2Cc2cccc(Cl)c2)[C@H](NC(=O)c2ccco2)C1. The molecule has 0 bridgehead atoms. The molecule has 0 spiro atoms. The van der Waals surface area contributed by atoms with Crippen LogP contribution in [0.5, 0.6) is 0 Å². The molecule has 0 unspecified atom stereocenters. The monoisotopic (exact) mass is 383 g/mol. The molecule has 1 atom stereocenters. The highest BCUT2D eigenvalue weighted by molar-refractivity contribution is 6.30. The van der Waals surface area contributed by atoms with E-state index >= 15 is 0 Å². The minimum atomic E-state index is -0.198. The van der Waals surface area contributed by atoms with Crippen molar-refractivity contribution in [2.45, 2.75) is 39.3 Å². The first kappa shape index (κ1) is 17.9. The van der Waals surface area contributed by atoms with Crippen molar-refractivity contribution in [1.82, 2.24) is 15.1 Å². The predicted molar refractivity (Wildman–Crippen MR) is 104 cm³/mol. The van der Waals surface area contributed by atoms with Crippen LogP contribution in [0, 0.1) is 5.41 Å². The second kappa shape index (κ2) is 6.89. The maximum Gasteiger partial charge on any atom is 0.287 e. The van der Waals surface area contributed by atoms with Crippen molar-refractivity contribution in [3.63, 3.8) is 0 Å². The molecule has 0 radical (unpaired) electrons. The van der Waals surface area contributed by atoms with Gasteiger partial charge in [-0.05, 0) is 48.1 Å². The number of carbonyl (C=O) groups excluding carboxylic acids is 1. The van der Waals surface area contributed by atoms with E-state index in [1.165, 1.54) is 6.26 Å². The normalized spacial score (nSPS) is 18.1. The summed E-state index contributed by atoms with van der Waals surface area (Å²) in [6.07, 6.45) is 5.15. The Labute approximate surface area is 163 Å². The lowest BCUT2D eigenvalue weighted by Gasteiger charge is -2.35. The highest BCUT2D eigenvalue weighted by Gasteiger charge is 2.36. The molecule has 3 aromatic rings. The first-order valence-corrected chi connectivity index (χ1v) is 9.42. The van der Waals surface area contributed by atoms with Gasteiger partial charge in [0.05, 0.1) is 25.0 Å². The summed E-state index contributed by atoms with van der Waals surface area (Å²) in [5.41, 5.74) is 3.40. The molecule has 1 aliphatic rings. The van der Waals surface area contributed by atoms with E-state index in [2.05, 4.69) is 24.3 Å². The summed E-state index contributed by atoms with van der Waals surface area (Å²) < 4.78 is 7.25. The number of fused-ring (bicyclic) bond motifs is 1. The number of hydrogen-bond donors (Lipinski definition) is 1. The summed E-state index contributed by atoms with van der Waals surface area (Å²) in [4.78, 5) is 12.5. The standard InChI is InChI=1S/C21H22ClN3O2/c1-21(2)10-17(24-20(26)19-7-4-8-27-19)16-12-23-25(18(16)11-21)13-14-5-3-6-15(22)9-14/h3-9,12,17H,10-11,13H2,1-2H3,(H,24,26)/t17-/m1/s1. The van der Waals surface area contributed by atoms with Crippen LogP contribution in [0.2, 0.25) is 5.02 Å². The van der Waals surface area contributed by atoms with Crippen LogP contribution in [0.15, 0.2) is 53.3 Å². The number of aromatic nitrogens is 2. The van der Waals surface area contributed by atoms with E-state index in [0.717, 1.165) is 34.7 Å². The zero-order valence-electron chi connectivity index (χ0n) is 15.4. The van der Waals surface area contributed by atoms with Crippen molar-refractivity contribution < 1.29 is 9.21 Å². The molecule has 1 N–H and O–H groups in total. The van der Waals surface area contributed by atoms with Gasteiger partial charge in [0.1, 0.15) is 0 Å². The lowest BCUT2D eigenvalue weighted by atomic mass is 9.74. The molecule has 140 valence electrons. The number of amides is 1. The molecule has 2 heterocycles. The molecule has 1 aromatic carbocycles. The average molecular weight is 384 g/mol. The van der Waals surface area contributed by atoms with Crippen LogP contribution < -0.4 is 5.32 Å². The van der Waals surface area contributed by atoms with Crippen molar-refractivity contribution in [1.29, 1.82) is 0 Å². The Hall–Kier alpha value is -2.53. The Bertz CT molecular complexity index is 960. The van der Waals surface area contributed by atoms with Gasteiger partial charge in [-0.15, -0.1) is 0 Å². The Morgan fingerprint density at radius 1 is 1.37 bits per heavy atom. The third kappa shape index (κ3) is 3.78. The molecule has 4 rings (SSSR count). The van der Waals surface area contributed by atoms with Crippen molar-refractivity contribution in [2.75, 3.05) is 0 Å². The summed E-state index contributed by atoms with van der Waals surface area (Å²) in [7, 11) is 0. The van der Waals surface area contributed by atoms with Crippen LogP contribution in [0.25, 0.3) is 0 Å². The van der Waals surface area contributed by atoms with Gasteiger partial charge in [0, 0.05) is 16.3 Å². The maximum atomic E-state index is 12.5. The molecule has 1 aliphatic carbocycles. The molecule has 0 saturated heterocycles. The van der Waals surface area contributed by atoms with Gasteiger partial charge < -0.3 is 9.73 Å². The Morgan fingerprint density at radius 3 is 2.96 bits per heavy atom. The second-order valence-electron chi connectivity index (χ2n) is 7.88. The number of carbonyl (C=O) groups is 1. The van der Waals surface area contributed by atoms with E-state index in [0.29, 0.717) is 12.3 Å². The molecule has 27 heavy (non-hydrogen) atoms. The average Bonchev–Trinajstić information content (AvgIpc) is 3.25. The van der Waals surface area contributed by atoms with E-state index in [4.69, 9.17) is 16.0 Å². The molecule has 0 saturated carbocycles. The van der Waals surface area contributed by atoms with E-state index in [1.54, 1.807) is 12.1 Å². The van der Waals surface area contributed by atoms with Crippen molar-refractivity contribution in [2.24, 2.45) is 5.41 Å². The Morgan fingerprint density at radius 2 is 2.22 bits per heavy atom. The third-order valence-electron chi connectivity index (χ3n) is 5.03. The molecule has 6 heteroatoms. The first-order valence-electron chi connectivity index (χ1n) is 9.05. The molecular formula is C21H22ClN3O2. The number of benzene rings is 1. The van der Waals surface area contributed by atoms with E-state index in [-0.39, 0.29) is 17.4 Å². The minimum Gasteiger partial charge on any atom is -0.459 e. The number of furan rings is 1. The summed E-state index contributed by atoms with van der Waals surface area (Å²) >= 11 is 6.12. The zero-order chi connectivity index (χ0) is 19.0. The van der Waals surface area contributed by atoms with Gasteiger partial charge in [-0.3, -0.25) is 9.48 Å². The quantitative estimate of drug-likeness (QED) is 0.715. The fourth-order valence-corrected chi connectivity index (χ4v) is 4.02. The summed E-state index contributed by atoms with van der Waals surface area (Å²) in [6.45, 7) is 5.10. The van der Waals surface area contributed by atoms with Gasteiger partial charge in [0.15, 0.2) is 5.76 Å². The van der Waals surface area contributed by atoms with Gasteiger partial charge in [-0.25, -0.2) is 0 Å². The van der Waals surface area contributed by atoms with Gasteiger partial charge in [-0.1, -0.05) is 37.6 Å². The Balaban J connectivity index is 1.62. The van der Waals surface area contributed by atoms with Crippen LogP contribution in [-0.2, 0) is 13.0 Å². The molecule has 2 aromatic heterocycles. The maximum absolute atomic E-state index is 12.5. The fraction of sp³-hybridized carbons (Fsp3) is 0.333. The Kier molecular flexibility index (Phi) is 4.56. The summed E-state index contributed by atoms with van der Waals surface area (Å²) in [5, 5.41) is 8.44. The molecule has 0 fully saturated rings. The lowest BCUT2D eigenvalue weighted by Crippen LogP contribution is -2.36. The number of rotatable bonds is 4. The van der Waals surface area contributed by atoms with Crippen LogP contribution in [0.1, 0.15) is 53.7 Å². The zero-order valence-corrected chi connectivity index (χ0v) is 16.2. The predicted octanol–water partition coefficient (Wildman–Crippen LogP) is 4.62.